The third-order valence-corrected chi connectivity index (χ3v) is 6.26. The molecule has 22 heavy (non-hydrogen) atoms. The minimum atomic E-state index is 0.205. The summed E-state index contributed by atoms with van der Waals surface area (Å²) in [5.74, 6) is 0. The lowest BCUT2D eigenvalue weighted by Crippen LogP contribution is -2.41. The van der Waals surface area contributed by atoms with E-state index in [-0.39, 0.29) is 5.41 Å². The molecule has 0 aromatic heterocycles. The van der Waals surface area contributed by atoms with Crippen molar-refractivity contribution in [1.29, 1.82) is 0 Å². The van der Waals surface area contributed by atoms with Crippen molar-refractivity contribution in [2.24, 2.45) is 5.41 Å². The van der Waals surface area contributed by atoms with E-state index in [1.165, 1.54) is 42.4 Å². The van der Waals surface area contributed by atoms with Gasteiger partial charge >= 0.3 is 0 Å². The lowest BCUT2D eigenvalue weighted by Gasteiger charge is -2.46. The van der Waals surface area contributed by atoms with Gasteiger partial charge in [0, 0.05) is 5.41 Å². The molecular formula is C22H28. The summed E-state index contributed by atoms with van der Waals surface area (Å²) in [5, 5.41) is 0. The summed E-state index contributed by atoms with van der Waals surface area (Å²) >= 11 is 0. The summed E-state index contributed by atoms with van der Waals surface area (Å²) in [4.78, 5) is 0. The van der Waals surface area contributed by atoms with Crippen LogP contribution in [0.15, 0.2) is 54.6 Å². The van der Waals surface area contributed by atoms with Gasteiger partial charge in [-0.25, -0.2) is 0 Å². The van der Waals surface area contributed by atoms with Crippen LogP contribution in [-0.2, 0) is 11.8 Å². The zero-order valence-electron chi connectivity index (χ0n) is 14.2. The molecule has 0 unspecified atom stereocenters. The second kappa shape index (κ2) is 5.91. The minimum Gasteiger partial charge on any atom is -0.0622 e. The maximum Gasteiger partial charge on any atom is 0.00189 e. The Bertz CT molecular complexity index is 619. The topological polar surface area (TPSA) is 0 Å². The largest absolute Gasteiger partial charge is 0.0622 e. The van der Waals surface area contributed by atoms with Gasteiger partial charge in [0.15, 0.2) is 0 Å². The fourth-order valence-electron chi connectivity index (χ4n) is 4.37. The molecule has 0 bridgehead atoms. The molecule has 3 rings (SSSR count). The first-order valence-electron chi connectivity index (χ1n) is 8.65. The van der Waals surface area contributed by atoms with Crippen molar-refractivity contribution in [2.45, 2.75) is 58.3 Å². The van der Waals surface area contributed by atoms with Crippen molar-refractivity contribution >= 4 is 0 Å². The predicted molar refractivity (Wildman–Crippen MR) is 95.3 cm³/mol. The molecule has 0 nitrogen and oxygen atoms in total. The summed E-state index contributed by atoms with van der Waals surface area (Å²) in [7, 11) is 0. The Morgan fingerprint density at radius 3 is 2.14 bits per heavy atom. The van der Waals surface area contributed by atoms with Crippen LogP contribution in [0.2, 0.25) is 0 Å². The lowest BCUT2D eigenvalue weighted by molar-refractivity contribution is 0.158. The predicted octanol–water partition coefficient (Wildman–Crippen LogP) is 6.08. The highest BCUT2D eigenvalue weighted by Gasteiger charge is 2.47. The second-order valence-corrected chi connectivity index (χ2v) is 7.57. The molecule has 0 spiro atoms. The quantitative estimate of drug-likeness (QED) is 0.641. The first kappa shape index (κ1) is 15.3. The minimum absolute atomic E-state index is 0.205. The van der Waals surface area contributed by atoms with E-state index in [0.29, 0.717) is 5.41 Å². The highest BCUT2D eigenvalue weighted by molar-refractivity contribution is 5.35. The van der Waals surface area contributed by atoms with Crippen LogP contribution in [0.5, 0.6) is 0 Å². The molecule has 0 heterocycles. The molecular weight excluding hydrogens is 264 g/mol. The maximum absolute atomic E-state index is 2.52. The Morgan fingerprint density at radius 2 is 1.50 bits per heavy atom. The van der Waals surface area contributed by atoms with Gasteiger partial charge < -0.3 is 0 Å². The lowest BCUT2D eigenvalue weighted by atomic mass is 9.58. The van der Waals surface area contributed by atoms with Crippen LogP contribution < -0.4 is 0 Å². The van der Waals surface area contributed by atoms with E-state index in [1.807, 2.05) is 0 Å². The summed E-state index contributed by atoms with van der Waals surface area (Å²) < 4.78 is 0. The molecule has 0 amide bonds. The Labute approximate surface area is 135 Å². The highest BCUT2D eigenvalue weighted by Crippen LogP contribution is 2.53. The third kappa shape index (κ3) is 2.60. The Balaban J connectivity index is 2.06. The molecule has 0 heteroatoms. The standard InChI is InChI=1S/C22H28/c1-18-11-7-8-12-19(18)17-22(3,20-13-5-4-6-14-20)21(2)15-9-10-16-21/h4-8,11-14H,9-10,15-17H2,1-3H3/t22-/m1/s1. The average molecular weight is 292 g/mol. The zero-order valence-corrected chi connectivity index (χ0v) is 14.2. The average Bonchev–Trinajstić information content (AvgIpc) is 2.99. The molecule has 0 radical (unpaired) electrons. The molecule has 116 valence electrons. The van der Waals surface area contributed by atoms with Crippen LogP contribution in [0, 0.1) is 12.3 Å². The first-order chi connectivity index (χ1) is 10.6. The Kier molecular flexibility index (Phi) is 4.12. The van der Waals surface area contributed by atoms with Gasteiger partial charge in [-0.05, 0) is 48.3 Å². The first-order valence-corrected chi connectivity index (χ1v) is 8.65. The summed E-state index contributed by atoms with van der Waals surface area (Å²) in [5.41, 5.74) is 5.03. The number of benzene rings is 2. The molecule has 2 aromatic carbocycles. The van der Waals surface area contributed by atoms with Crippen LogP contribution in [-0.4, -0.2) is 0 Å². The van der Waals surface area contributed by atoms with Crippen molar-refractivity contribution in [2.75, 3.05) is 0 Å². The van der Waals surface area contributed by atoms with E-state index in [0.717, 1.165) is 6.42 Å². The van der Waals surface area contributed by atoms with Crippen LogP contribution >= 0.6 is 0 Å². The molecule has 2 aromatic rings. The number of aryl methyl sites for hydroxylation is 1. The van der Waals surface area contributed by atoms with Gasteiger partial charge in [0.05, 0.1) is 0 Å². The van der Waals surface area contributed by atoms with Gasteiger partial charge in [0.25, 0.3) is 0 Å². The van der Waals surface area contributed by atoms with Crippen molar-refractivity contribution in [3.05, 3.63) is 71.3 Å². The number of hydrogen-bond acceptors (Lipinski definition) is 0. The van der Waals surface area contributed by atoms with E-state index in [4.69, 9.17) is 0 Å². The molecule has 1 saturated carbocycles. The Morgan fingerprint density at radius 1 is 0.909 bits per heavy atom. The molecule has 0 aliphatic heterocycles. The fraction of sp³-hybridized carbons (Fsp3) is 0.455. The molecule has 1 fully saturated rings. The van der Waals surface area contributed by atoms with E-state index in [9.17, 15) is 0 Å². The highest BCUT2D eigenvalue weighted by atomic mass is 14.5. The van der Waals surface area contributed by atoms with E-state index in [2.05, 4.69) is 75.4 Å². The van der Waals surface area contributed by atoms with E-state index >= 15 is 0 Å². The van der Waals surface area contributed by atoms with Crippen LogP contribution in [0.1, 0.15) is 56.2 Å². The van der Waals surface area contributed by atoms with E-state index in [1.54, 1.807) is 0 Å². The summed E-state index contributed by atoms with van der Waals surface area (Å²) in [6.07, 6.45) is 6.61. The van der Waals surface area contributed by atoms with Gasteiger partial charge in [0.2, 0.25) is 0 Å². The monoisotopic (exact) mass is 292 g/mol. The molecule has 0 saturated heterocycles. The van der Waals surface area contributed by atoms with E-state index < -0.39 is 0 Å². The molecule has 0 N–H and O–H groups in total. The van der Waals surface area contributed by atoms with Gasteiger partial charge in [-0.3, -0.25) is 0 Å². The van der Waals surface area contributed by atoms with Gasteiger partial charge in [-0.2, -0.15) is 0 Å². The van der Waals surface area contributed by atoms with Gasteiger partial charge in [0.1, 0.15) is 0 Å². The van der Waals surface area contributed by atoms with Gasteiger partial charge in [-0.15, -0.1) is 0 Å². The van der Waals surface area contributed by atoms with Crippen LogP contribution in [0.25, 0.3) is 0 Å². The van der Waals surface area contributed by atoms with Crippen molar-refractivity contribution in [3.8, 4) is 0 Å². The normalized spacial score (nSPS) is 19.8. The Hall–Kier alpha value is -1.56. The van der Waals surface area contributed by atoms with Crippen LogP contribution in [0.3, 0.4) is 0 Å². The smallest absolute Gasteiger partial charge is 0.00189 e. The SMILES string of the molecule is Cc1ccccc1C[C@](C)(c1ccccc1)C1(C)CCCC1. The number of rotatable bonds is 4. The van der Waals surface area contributed by atoms with Crippen molar-refractivity contribution in [1.82, 2.24) is 0 Å². The van der Waals surface area contributed by atoms with Crippen molar-refractivity contribution in [3.63, 3.8) is 0 Å². The number of hydrogen-bond donors (Lipinski definition) is 0. The molecule has 1 aliphatic carbocycles. The zero-order chi connectivity index (χ0) is 15.6. The summed E-state index contributed by atoms with van der Waals surface area (Å²) in [6.45, 7) is 7.27. The molecule has 1 atom stereocenters. The molecule has 1 aliphatic rings. The third-order valence-electron chi connectivity index (χ3n) is 6.26. The van der Waals surface area contributed by atoms with Crippen molar-refractivity contribution < 1.29 is 0 Å². The summed E-state index contributed by atoms with van der Waals surface area (Å²) in [6, 6.07) is 20.1. The second-order valence-electron chi connectivity index (χ2n) is 7.57. The van der Waals surface area contributed by atoms with Gasteiger partial charge in [-0.1, -0.05) is 81.3 Å². The fourth-order valence-corrected chi connectivity index (χ4v) is 4.37. The maximum atomic E-state index is 2.52. The van der Waals surface area contributed by atoms with Crippen LogP contribution in [0.4, 0.5) is 0 Å².